The zero-order valence-corrected chi connectivity index (χ0v) is 7.30. The van der Waals surface area contributed by atoms with Crippen LogP contribution >= 0.6 is 11.3 Å². The van der Waals surface area contributed by atoms with Gasteiger partial charge >= 0.3 is 0 Å². The van der Waals surface area contributed by atoms with Crippen LogP contribution in [0, 0.1) is 6.92 Å². The minimum Gasteiger partial charge on any atom is -0.390 e. The molecule has 0 aliphatic heterocycles. The normalized spacial score (nSPS) is 16.4. The Kier molecular flexibility index (Phi) is 2.59. The van der Waals surface area contributed by atoms with Crippen LogP contribution in [0.15, 0.2) is 5.51 Å². The zero-order chi connectivity index (χ0) is 8.43. The van der Waals surface area contributed by atoms with Crippen LogP contribution in [0.3, 0.4) is 0 Å². The standard InChI is InChI=1S/C7H11NO2S/c1-4-7(11-3-8-4)6(10)5(2)9/h3,5-6,9-10H,1-2H3/t5-,6+/m0/s1. The highest BCUT2D eigenvalue weighted by Gasteiger charge is 2.17. The molecule has 1 heterocycles. The van der Waals surface area contributed by atoms with Crippen molar-refractivity contribution in [2.45, 2.75) is 26.1 Å². The number of hydrogen-bond acceptors (Lipinski definition) is 4. The Morgan fingerprint density at radius 3 is 2.55 bits per heavy atom. The number of rotatable bonds is 2. The maximum Gasteiger partial charge on any atom is 0.116 e. The summed E-state index contributed by atoms with van der Waals surface area (Å²) < 4.78 is 0. The molecule has 3 nitrogen and oxygen atoms in total. The van der Waals surface area contributed by atoms with Crippen LogP contribution < -0.4 is 0 Å². The van der Waals surface area contributed by atoms with E-state index in [1.54, 1.807) is 12.4 Å². The molecule has 0 saturated carbocycles. The first-order valence-corrected chi connectivity index (χ1v) is 4.27. The third kappa shape index (κ3) is 1.77. The molecule has 2 N–H and O–H groups in total. The summed E-state index contributed by atoms with van der Waals surface area (Å²) >= 11 is 1.36. The summed E-state index contributed by atoms with van der Waals surface area (Å²) in [5.74, 6) is 0. The van der Waals surface area contributed by atoms with Crippen molar-refractivity contribution in [1.29, 1.82) is 0 Å². The molecule has 0 saturated heterocycles. The number of thiazole rings is 1. The summed E-state index contributed by atoms with van der Waals surface area (Å²) in [7, 11) is 0. The number of hydrogen-bond donors (Lipinski definition) is 2. The number of aliphatic hydroxyl groups excluding tert-OH is 2. The smallest absolute Gasteiger partial charge is 0.116 e. The molecule has 1 aromatic rings. The predicted molar refractivity (Wildman–Crippen MR) is 43.5 cm³/mol. The van der Waals surface area contributed by atoms with E-state index in [0.717, 1.165) is 10.6 Å². The summed E-state index contributed by atoms with van der Waals surface area (Å²) in [6.07, 6.45) is -1.52. The minimum absolute atomic E-state index is 0.728. The van der Waals surface area contributed by atoms with Crippen LogP contribution in [0.2, 0.25) is 0 Å². The van der Waals surface area contributed by atoms with Gasteiger partial charge in [0.25, 0.3) is 0 Å². The fourth-order valence-corrected chi connectivity index (χ4v) is 1.70. The van der Waals surface area contributed by atoms with Gasteiger partial charge in [0, 0.05) is 0 Å². The van der Waals surface area contributed by atoms with E-state index in [2.05, 4.69) is 4.98 Å². The Hall–Kier alpha value is -0.450. The van der Waals surface area contributed by atoms with E-state index < -0.39 is 12.2 Å². The monoisotopic (exact) mass is 173 g/mol. The van der Waals surface area contributed by atoms with Gasteiger partial charge in [-0.3, -0.25) is 0 Å². The summed E-state index contributed by atoms with van der Waals surface area (Å²) in [5, 5.41) is 18.4. The van der Waals surface area contributed by atoms with Crippen molar-refractivity contribution in [3.05, 3.63) is 16.1 Å². The lowest BCUT2D eigenvalue weighted by Gasteiger charge is -2.11. The van der Waals surface area contributed by atoms with E-state index in [9.17, 15) is 5.11 Å². The zero-order valence-electron chi connectivity index (χ0n) is 6.48. The molecule has 0 radical (unpaired) electrons. The van der Waals surface area contributed by atoms with Crippen LogP contribution in [-0.4, -0.2) is 21.3 Å². The molecule has 1 rings (SSSR count). The summed E-state index contributed by atoms with van der Waals surface area (Å²) in [4.78, 5) is 4.72. The van der Waals surface area contributed by atoms with Crippen molar-refractivity contribution in [2.75, 3.05) is 0 Å². The number of aliphatic hydroxyl groups is 2. The molecule has 0 aliphatic carbocycles. The van der Waals surface area contributed by atoms with Crippen LogP contribution in [-0.2, 0) is 0 Å². The lowest BCUT2D eigenvalue weighted by molar-refractivity contribution is 0.0323. The van der Waals surface area contributed by atoms with Crippen molar-refractivity contribution >= 4 is 11.3 Å². The summed E-state index contributed by atoms with van der Waals surface area (Å²) in [6.45, 7) is 3.38. The van der Waals surface area contributed by atoms with Crippen molar-refractivity contribution in [1.82, 2.24) is 4.98 Å². The fourth-order valence-electron chi connectivity index (χ4n) is 0.814. The highest BCUT2D eigenvalue weighted by molar-refractivity contribution is 7.09. The largest absolute Gasteiger partial charge is 0.390 e. The fraction of sp³-hybridized carbons (Fsp3) is 0.571. The van der Waals surface area contributed by atoms with E-state index in [1.165, 1.54) is 11.3 Å². The van der Waals surface area contributed by atoms with Crippen LogP contribution in [0.25, 0.3) is 0 Å². The highest BCUT2D eigenvalue weighted by Crippen LogP contribution is 2.23. The van der Waals surface area contributed by atoms with Crippen molar-refractivity contribution < 1.29 is 10.2 Å². The second-order valence-corrected chi connectivity index (χ2v) is 3.37. The van der Waals surface area contributed by atoms with Crippen LogP contribution in [0.5, 0.6) is 0 Å². The third-order valence-electron chi connectivity index (χ3n) is 1.51. The third-order valence-corrected chi connectivity index (χ3v) is 2.51. The van der Waals surface area contributed by atoms with Gasteiger partial charge in [-0.1, -0.05) is 0 Å². The molecule has 4 heteroatoms. The first kappa shape index (κ1) is 8.64. The Morgan fingerprint density at radius 2 is 2.18 bits per heavy atom. The number of aryl methyl sites for hydroxylation is 1. The molecule has 2 atom stereocenters. The highest BCUT2D eigenvalue weighted by atomic mass is 32.1. The SMILES string of the molecule is Cc1ncsc1[C@H](O)[C@H](C)O. The molecule has 1 aromatic heterocycles. The Balaban J connectivity index is 2.84. The molecule has 0 bridgehead atoms. The maximum atomic E-state index is 9.39. The molecule has 0 amide bonds. The van der Waals surface area contributed by atoms with Gasteiger partial charge < -0.3 is 10.2 Å². The first-order chi connectivity index (χ1) is 5.13. The summed E-state index contributed by atoms with van der Waals surface area (Å²) in [6, 6.07) is 0. The number of nitrogens with zero attached hydrogens (tertiary/aromatic N) is 1. The van der Waals surface area contributed by atoms with E-state index >= 15 is 0 Å². The van der Waals surface area contributed by atoms with E-state index in [1.807, 2.05) is 6.92 Å². The van der Waals surface area contributed by atoms with Gasteiger partial charge in [-0.2, -0.15) is 0 Å². The Labute approximate surface area is 69.3 Å². The molecular weight excluding hydrogens is 162 g/mol. The summed E-state index contributed by atoms with van der Waals surface area (Å²) in [5.41, 5.74) is 2.46. The van der Waals surface area contributed by atoms with Gasteiger partial charge in [0.1, 0.15) is 6.10 Å². The quantitative estimate of drug-likeness (QED) is 0.697. The molecule has 11 heavy (non-hydrogen) atoms. The minimum atomic E-state index is -0.789. The second kappa shape index (κ2) is 3.30. The van der Waals surface area contributed by atoms with Gasteiger partial charge in [-0.05, 0) is 13.8 Å². The molecule has 62 valence electrons. The Bertz CT molecular complexity index is 234. The van der Waals surface area contributed by atoms with Crippen LogP contribution in [0.4, 0.5) is 0 Å². The van der Waals surface area contributed by atoms with Gasteiger partial charge in [0.05, 0.1) is 22.2 Å². The van der Waals surface area contributed by atoms with Gasteiger partial charge in [0.2, 0.25) is 0 Å². The molecule has 0 aromatic carbocycles. The lowest BCUT2D eigenvalue weighted by atomic mass is 10.2. The van der Waals surface area contributed by atoms with Crippen molar-refractivity contribution in [2.24, 2.45) is 0 Å². The average Bonchev–Trinajstić information content (AvgIpc) is 2.33. The van der Waals surface area contributed by atoms with Gasteiger partial charge in [-0.15, -0.1) is 11.3 Å². The van der Waals surface area contributed by atoms with Crippen molar-refractivity contribution in [3.8, 4) is 0 Å². The maximum absolute atomic E-state index is 9.39. The molecular formula is C7H11NO2S. The van der Waals surface area contributed by atoms with E-state index in [4.69, 9.17) is 5.11 Å². The number of aromatic nitrogens is 1. The van der Waals surface area contributed by atoms with E-state index in [0.29, 0.717) is 0 Å². The first-order valence-electron chi connectivity index (χ1n) is 3.39. The Morgan fingerprint density at radius 1 is 1.55 bits per heavy atom. The van der Waals surface area contributed by atoms with Crippen molar-refractivity contribution in [3.63, 3.8) is 0 Å². The average molecular weight is 173 g/mol. The van der Waals surface area contributed by atoms with Crippen LogP contribution in [0.1, 0.15) is 23.6 Å². The van der Waals surface area contributed by atoms with Gasteiger partial charge in [0.15, 0.2) is 0 Å². The molecule has 0 spiro atoms. The predicted octanol–water partition coefficient (Wildman–Crippen LogP) is 0.866. The second-order valence-electron chi connectivity index (χ2n) is 2.49. The topological polar surface area (TPSA) is 53.4 Å². The molecule has 0 fully saturated rings. The van der Waals surface area contributed by atoms with E-state index in [-0.39, 0.29) is 0 Å². The van der Waals surface area contributed by atoms with Gasteiger partial charge in [-0.25, -0.2) is 4.98 Å². The lowest BCUT2D eigenvalue weighted by Crippen LogP contribution is -2.13. The molecule has 0 unspecified atom stereocenters. The molecule has 0 aliphatic rings.